The van der Waals surface area contributed by atoms with Gasteiger partial charge in [0, 0.05) is 23.8 Å². The van der Waals surface area contributed by atoms with Gasteiger partial charge in [0.1, 0.15) is 0 Å². The largest absolute Gasteiger partial charge is 0.647 e. The van der Waals surface area contributed by atoms with Gasteiger partial charge in [0.05, 0.1) is 0 Å². The topological polar surface area (TPSA) is 39.9 Å². The van der Waals surface area contributed by atoms with Crippen LogP contribution in [0.3, 0.4) is 0 Å². The molecule has 1 aliphatic heterocycles. The summed E-state index contributed by atoms with van der Waals surface area (Å²) >= 11 is 0.194. The Hall–Kier alpha value is -0.641. The zero-order valence-electron chi connectivity index (χ0n) is 10.6. The van der Waals surface area contributed by atoms with Crippen LogP contribution in [0.4, 0.5) is 0 Å². The Labute approximate surface area is 133 Å². The van der Waals surface area contributed by atoms with Crippen LogP contribution in [0.2, 0.25) is 0 Å². The molecule has 6 heteroatoms. The predicted octanol–water partition coefficient (Wildman–Crippen LogP) is 4.80. The van der Waals surface area contributed by atoms with E-state index in [1.807, 2.05) is 36.7 Å². The first-order valence-corrected chi connectivity index (χ1v) is 9.26. The van der Waals surface area contributed by atoms with Crippen molar-refractivity contribution in [3.05, 3.63) is 65.5 Å². The minimum Gasteiger partial charge on any atom is -0.647 e. The summed E-state index contributed by atoms with van der Waals surface area (Å²) in [5, 5.41) is 4.80. The van der Waals surface area contributed by atoms with Crippen molar-refractivity contribution in [3.63, 3.8) is 0 Å². The van der Waals surface area contributed by atoms with Crippen LogP contribution in [0.5, 0.6) is 0 Å². The van der Waals surface area contributed by atoms with Crippen molar-refractivity contribution >= 4 is 20.2 Å². The summed E-state index contributed by atoms with van der Waals surface area (Å²) in [6, 6.07) is 12.5. The second-order valence-electron chi connectivity index (χ2n) is 4.32. The third-order valence-electron chi connectivity index (χ3n) is 3.13. The molecule has 1 aliphatic rings. The molecule has 2 aromatic heterocycles. The molecule has 107 valence electrons. The summed E-state index contributed by atoms with van der Waals surface area (Å²) in [5.74, 6) is 0. The Morgan fingerprint density at radius 3 is 1.70 bits per heavy atom. The van der Waals surface area contributed by atoms with Crippen molar-refractivity contribution in [2.75, 3.05) is 0 Å². The molecule has 2 unspecified atom stereocenters. The van der Waals surface area contributed by atoms with Gasteiger partial charge in [-0.2, -0.15) is 0 Å². The molecule has 0 saturated carbocycles. The minimum absolute atomic E-state index is 0.194. The van der Waals surface area contributed by atoms with Crippen LogP contribution in [-0.4, -0.2) is 9.97 Å². The first kappa shape index (κ1) is 15.7. The molecule has 1 fully saturated rings. The van der Waals surface area contributed by atoms with E-state index >= 15 is 0 Å². The molecular formula is C14H14Cl2FeN3. The Balaban J connectivity index is 0.000000452. The Kier molecular flexibility index (Phi) is 6.77. The summed E-state index contributed by atoms with van der Waals surface area (Å²) in [4.78, 5) is 8.75. The van der Waals surface area contributed by atoms with Crippen LogP contribution in [0, 0.1) is 0 Å². The monoisotopic (exact) mass is 350 g/mol. The fourth-order valence-corrected chi connectivity index (χ4v) is 2.28. The predicted molar refractivity (Wildman–Crippen MR) is 78.3 cm³/mol. The van der Waals surface area contributed by atoms with Gasteiger partial charge in [0.2, 0.25) is 0 Å². The zero-order chi connectivity index (χ0) is 14.2. The molecule has 3 rings (SSSR count). The molecule has 0 N–H and O–H groups in total. The fourth-order valence-electron chi connectivity index (χ4n) is 2.28. The van der Waals surface area contributed by atoms with E-state index in [1.165, 1.54) is 0 Å². The summed E-state index contributed by atoms with van der Waals surface area (Å²) in [6.07, 6.45) is 5.80. The summed E-state index contributed by atoms with van der Waals surface area (Å²) in [6.45, 7) is 0. The van der Waals surface area contributed by atoms with Gasteiger partial charge < -0.3 is 5.32 Å². The van der Waals surface area contributed by atoms with E-state index in [-0.39, 0.29) is 25.2 Å². The maximum Gasteiger partial charge on any atom is 0.0270 e. The third-order valence-corrected chi connectivity index (χ3v) is 3.13. The molecule has 3 heterocycles. The quantitative estimate of drug-likeness (QED) is 0.729. The molecule has 20 heavy (non-hydrogen) atoms. The molecule has 0 aliphatic carbocycles. The van der Waals surface area contributed by atoms with E-state index in [1.54, 1.807) is 0 Å². The SMILES string of the molecule is [Cl][Fe+][Cl].c1ccc(C2CCC(c3ccccn3)[N-]2)nc1. The van der Waals surface area contributed by atoms with Crippen LogP contribution in [0.25, 0.3) is 5.32 Å². The number of hydrogen-bond donors (Lipinski definition) is 0. The second kappa shape index (κ2) is 8.60. The molecule has 2 aromatic rings. The maximum absolute atomic E-state index is 4.80. The molecule has 3 nitrogen and oxygen atoms in total. The van der Waals surface area contributed by atoms with Gasteiger partial charge in [0.15, 0.2) is 0 Å². The molecule has 0 bridgehead atoms. The molecule has 0 spiro atoms. The molecule has 0 radical (unpaired) electrons. The number of hydrogen-bond acceptors (Lipinski definition) is 2. The Morgan fingerprint density at radius 2 is 1.35 bits per heavy atom. The maximum atomic E-state index is 4.80. The number of pyridine rings is 2. The van der Waals surface area contributed by atoms with Crippen LogP contribution >= 0.6 is 20.2 Å². The van der Waals surface area contributed by atoms with Crippen molar-refractivity contribution in [3.8, 4) is 0 Å². The van der Waals surface area contributed by atoms with Crippen molar-refractivity contribution in [2.24, 2.45) is 0 Å². The summed E-state index contributed by atoms with van der Waals surface area (Å²) < 4.78 is 0. The van der Waals surface area contributed by atoms with Crippen molar-refractivity contribution in [1.82, 2.24) is 9.97 Å². The van der Waals surface area contributed by atoms with Crippen LogP contribution in [0.1, 0.15) is 36.3 Å². The van der Waals surface area contributed by atoms with Crippen LogP contribution < -0.4 is 0 Å². The van der Waals surface area contributed by atoms with E-state index in [0.717, 1.165) is 24.2 Å². The number of halogens is 2. The second-order valence-corrected chi connectivity index (χ2v) is 6.14. The zero-order valence-corrected chi connectivity index (χ0v) is 13.3. The van der Waals surface area contributed by atoms with Crippen molar-refractivity contribution in [1.29, 1.82) is 0 Å². The Morgan fingerprint density at radius 1 is 0.900 bits per heavy atom. The number of aromatic nitrogens is 2. The summed E-state index contributed by atoms with van der Waals surface area (Å²) in [7, 11) is 9.53. The first-order chi connectivity index (χ1) is 9.85. The normalized spacial score (nSPS) is 21.1. The number of nitrogens with zero attached hydrogens (tertiary/aromatic N) is 3. The van der Waals surface area contributed by atoms with E-state index in [4.69, 9.17) is 25.5 Å². The van der Waals surface area contributed by atoms with Gasteiger partial charge in [-0.05, 0) is 24.3 Å². The van der Waals surface area contributed by atoms with Gasteiger partial charge in [-0.3, -0.25) is 9.97 Å². The summed E-state index contributed by atoms with van der Waals surface area (Å²) in [5.41, 5.74) is 2.15. The smallest absolute Gasteiger partial charge is 0.0270 e. The van der Waals surface area contributed by atoms with E-state index in [0.29, 0.717) is 0 Å². The van der Waals surface area contributed by atoms with Gasteiger partial charge in [-0.25, -0.2) is 0 Å². The number of rotatable bonds is 2. The third kappa shape index (κ3) is 4.44. The van der Waals surface area contributed by atoms with Crippen molar-refractivity contribution in [2.45, 2.75) is 24.9 Å². The Bertz CT molecular complexity index is 453. The molecule has 2 atom stereocenters. The fraction of sp³-hybridized carbons (Fsp3) is 0.286. The van der Waals surface area contributed by atoms with Gasteiger partial charge in [-0.15, -0.1) is 0 Å². The molecule has 1 saturated heterocycles. The van der Waals surface area contributed by atoms with Gasteiger partial charge in [0.25, 0.3) is 0 Å². The minimum atomic E-state index is 0.194. The average molecular weight is 351 g/mol. The average Bonchev–Trinajstić information content (AvgIpc) is 3.00. The van der Waals surface area contributed by atoms with E-state index in [9.17, 15) is 0 Å². The van der Waals surface area contributed by atoms with E-state index in [2.05, 4.69) is 22.1 Å². The van der Waals surface area contributed by atoms with Crippen molar-refractivity contribution < 1.29 is 13.1 Å². The van der Waals surface area contributed by atoms with Gasteiger partial charge in [-0.1, -0.05) is 37.1 Å². The first-order valence-electron chi connectivity index (χ1n) is 6.22. The molecule has 0 amide bonds. The molecular weight excluding hydrogens is 337 g/mol. The van der Waals surface area contributed by atoms with Crippen LogP contribution in [-0.2, 0) is 13.1 Å². The van der Waals surface area contributed by atoms with Crippen LogP contribution in [0.15, 0.2) is 48.8 Å². The standard InChI is InChI=1S/C14H14N3.2ClH.Fe/c1-3-9-15-11(5-1)13-7-8-14(17-13)12-6-2-4-10-16-12;;;/h1-6,9-10,13-14H,7-8H2;2*1H;/q-1;;;+3/p-2. The van der Waals surface area contributed by atoms with Gasteiger partial charge >= 0.3 is 33.3 Å². The van der Waals surface area contributed by atoms with E-state index < -0.39 is 0 Å². The molecule has 0 aromatic carbocycles.